The zero-order valence-electron chi connectivity index (χ0n) is 12.6. The van der Waals surface area contributed by atoms with Crippen LogP contribution in [0, 0.1) is 0 Å². The number of nitrogens with one attached hydrogen (secondary N) is 1. The summed E-state index contributed by atoms with van der Waals surface area (Å²) in [5.74, 6) is -0.202. The van der Waals surface area contributed by atoms with Crippen molar-refractivity contribution in [3.05, 3.63) is 0 Å². The number of ether oxygens (including phenoxy) is 1. The quantitative estimate of drug-likeness (QED) is 0.375. The van der Waals surface area contributed by atoms with E-state index in [4.69, 9.17) is 15.6 Å². The predicted octanol–water partition coefficient (Wildman–Crippen LogP) is -0.771. The number of unbranched alkanes of at least 4 members (excludes halogenated alkanes) is 4. The molecule has 1 amide bonds. The molecule has 21 heavy (non-hydrogen) atoms. The van der Waals surface area contributed by atoms with Gasteiger partial charge in [-0.25, -0.2) is 0 Å². The molecule has 1 fully saturated rings. The first-order valence-electron chi connectivity index (χ1n) is 7.68. The monoisotopic (exact) mass is 304 g/mol. The van der Waals surface area contributed by atoms with Gasteiger partial charge in [0.15, 0.2) is 0 Å². The smallest absolute Gasteiger partial charge is 0.222 e. The van der Waals surface area contributed by atoms with Crippen LogP contribution in [0.4, 0.5) is 0 Å². The lowest BCUT2D eigenvalue weighted by Gasteiger charge is -2.40. The summed E-state index contributed by atoms with van der Waals surface area (Å²) in [4.78, 5) is 11.8. The second-order valence-corrected chi connectivity index (χ2v) is 5.57. The van der Waals surface area contributed by atoms with Crippen LogP contribution in [-0.4, -0.2) is 58.4 Å². The molecule has 1 heterocycles. The van der Waals surface area contributed by atoms with Gasteiger partial charge >= 0.3 is 0 Å². The molecule has 1 aliphatic heterocycles. The van der Waals surface area contributed by atoms with Crippen LogP contribution in [0.3, 0.4) is 0 Å². The Balaban J connectivity index is 2.36. The Kier molecular flexibility index (Phi) is 8.13. The summed E-state index contributed by atoms with van der Waals surface area (Å²) in [7, 11) is 0. The molecule has 0 aromatic heterocycles. The van der Waals surface area contributed by atoms with Crippen molar-refractivity contribution in [1.29, 1.82) is 0 Å². The molecule has 0 saturated carbocycles. The third-order valence-electron chi connectivity index (χ3n) is 3.79. The zero-order chi connectivity index (χ0) is 15.8. The molecule has 0 aliphatic carbocycles. The first-order chi connectivity index (χ1) is 10.0. The summed E-state index contributed by atoms with van der Waals surface area (Å²) in [5, 5.41) is 31.1. The fraction of sp³-hybridized carbons (Fsp3) is 0.929. The average molecular weight is 304 g/mol. The molecule has 5 atom stereocenters. The molecule has 0 spiro atoms. The topological polar surface area (TPSA) is 125 Å². The van der Waals surface area contributed by atoms with Gasteiger partial charge in [-0.3, -0.25) is 4.79 Å². The minimum atomic E-state index is -1.26. The van der Waals surface area contributed by atoms with Gasteiger partial charge in [-0.05, 0) is 6.42 Å². The molecule has 0 radical (unpaired) electrons. The molecule has 1 rings (SSSR count). The van der Waals surface area contributed by atoms with Gasteiger partial charge in [0.05, 0.1) is 12.6 Å². The highest BCUT2D eigenvalue weighted by Crippen LogP contribution is 2.18. The van der Waals surface area contributed by atoms with E-state index in [1.54, 1.807) is 0 Å². The van der Waals surface area contributed by atoms with Gasteiger partial charge < -0.3 is 31.1 Å². The molecule has 0 unspecified atom stereocenters. The number of hydrogen-bond acceptors (Lipinski definition) is 6. The molecule has 1 saturated heterocycles. The third-order valence-corrected chi connectivity index (χ3v) is 3.79. The number of amides is 1. The van der Waals surface area contributed by atoms with E-state index in [0.717, 1.165) is 25.7 Å². The normalized spacial score (nSPS) is 32.9. The van der Waals surface area contributed by atoms with Crippen molar-refractivity contribution in [2.24, 2.45) is 5.73 Å². The molecular weight excluding hydrogens is 276 g/mol. The number of aliphatic hydroxyl groups excluding tert-OH is 3. The number of carbonyl (C=O) groups excluding carboxylic acids is 1. The molecule has 0 bridgehead atoms. The Bertz CT molecular complexity index is 314. The summed E-state index contributed by atoms with van der Waals surface area (Å²) in [5.41, 5.74) is 5.74. The second-order valence-electron chi connectivity index (χ2n) is 5.57. The van der Waals surface area contributed by atoms with Gasteiger partial charge in [0.25, 0.3) is 0 Å². The lowest BCUT2D eigenvalue weighted by Crippen LogP contribution is -2.66. The van der Waals surface area contributed by atoms with E-state index in [9.17, 15) is 15.0 Å². The fourth-order valence-electron chi connectivity index (χ4n) is 2.39. The molecule has 7 heteroatoms. The van der Waals surface area contributed by atoms with E-state index in [1.807, 2.05) is 0 Å². The number of hydrogen-bond donors (Lipinski definition) is 5. The highest BCUT2D eigenvalue weighted by Gasteiger charge is 2.42. The van der Waals surface area contributed by atoms with Crippen molar-refractivity contribution >= 4 is 5.91 Å². The van der Waals surface area contributed by atoms with Crippen molar-refractivity contribution in [3.8, 4) is 0 Å². The van der Waals surface area contributed by atoms with Gasteiger partial charge in [-0.15, -0.1) is 0 Å². The fourth-order valence-corrected chi connectivity index (χ4v) is 2.39. The number of carbonyl (C=O) groups is 1. The molecule has 1 aliphatic rings. The lowest BCUT2D eigenvalue weighted by molar-refractivity contribution is -0.197. The van der Waals surface area contributed by atoms with E-state index in [1.165, 1.54) is 6.42 Å². The van der Waals surface area contributed by atoms with E-state index in [2.05, 4.69) is 12.2 Å². The van der Waals surface area contributed by atoms with Crippen LogP contribution >= 0.6 is 0 Å². The third kappa shape index (κ3) is 5.52. The highest BCUT2D eigenvalue weighted by molar-refractivity contribution is 5.76. The lowest BCUT2D eigenvalue weighted by atomic mass is 9.97. The molecule has 6 N–H and O–H groups in total. The Morgan fingerprint density at radius 1 is 1.19 bits per heavy atom. The highest BCUT2D eigenvalue weighted by atomic mass is 16.5. The van der Waals surface area contributed by atoms with E-state index in [-0.39, 0.29) is 5.91 Å². The minimum absolute atomic E-state index is 0.202. The first kappa shape index (κ1) is 18.3. The van der Waals surface area contributed by atoms with Gasteiger partial charge in [0, 0.05) is 6.42 Å². The number of nitrogens with two attached hydrogens (primary N) is 1. The molecule has 0 aromatic carbocycles. The van der Waals surface area contributed by atoms with E-state index in [0.29, 0.717) is 6.42 Å². The van der Waals surface area contributed by atoms with Crippen molar-refractivity contribution in [1.82, 2.24) is 5.32 Å². The molecule has 7 nitrogen and oxygen atoms in total. The van der Waals surface area contributed by atoms with Crippen molar-refractivity contribution in [3.63, 3.8) is 0 Å². The van der Waals surface area contributed by atoms with Gasteiger partial charge in [-0.1, -0.05) is 32.6 Å². The standard InChI is InChI=1S/C14H28N2O5/c1-2-3-4-5-6-7-10(18)16-14-11(15)13(20)12(19)9(8-17)21-14/h9,11-14,17,19-20H,2-8,15H2,1H3,(H,16,18)/t9-,11-,12-,13-,14-/m1/s1. The van der Waals surface area contributed by atoms with Crippen molar-refractivity contribution in [2.45, 2.75) is 76.0 Å². The largest absolute Gasteiger partial charge is 0.394 e. The van der Waals surface area contributed by atoms with Gasteiger partial charge in [0.1, 0.15) is 24.5 Å². The summed E-state index contributed by atoms with van der Waals surface area (Å²) < 4.78 is 5.33. The van der Waals surface area contributed by atoms with Crippen molar-refractivity contribution in [2.75, 3.05) is 6.61 Å². The zero-order valence-corrected chi connectivity index (χ0v) is 12.6. The Morgan fingerprint density at radius 2 is 1.86 bits per heavy atom. The maximum atomic E-state index is 11.8. The second kappa shape index (κ2) is 9.32. The summed E-state index contributed by atoms with van der Waals surface area (Å²) in [6.45, 7) is 1.68. The first-order valence-corrected chi connectivity index (χ1v) is 7.68. The van der Waals surface area contributed by atoms with Gasteiger partial charge in [-0.2, -0.15) is 0 Å². The van der Waals surface area contributed by atoms with Crippen molar-refractivity contribution < 1.29 is 24.9 Å². The summed E-state index contributed by atoms with van der Waals surface area (Å²) >= 11 is 0. The van der Waals surface area contributed by atoms with Crippen LogP contribution in [0.1, 0.15) is 45.4 Å². The Morgan fingerprint density at radius 3 is 2.48 bits per heavy atom. The van der Waals surface area contributed by atoms with Crippen LogP contribution in [0.5, 0.6) is 0 Å². The van der Waals surface area contributed by atoms with Crippen LogP contribution in [-0.2, 0) is 9.53 Å². The van der Waals surface area contributed by atoms with E-state index < -0.39 is 37.2 Å². The van der Waals surface area contributed by atoms with Crippen LogP contribution in [0.2, 0.25) is 0 Å². The maximum absolute atomic E-state index is 11.8. The van der Waals surface area contributed by atoms with Crippen LogP contribution in [0.15, 0.2) is 0 Å². The van der Waals surface area contributed by atoms with Crippen LogP contribution in [0.25, 0.3) is 0 Å². The van der Waals surface area contributed by atoms with Gasteiger partial charge in [0.2, 0.25) is 5.91 Å². The Labute approximate surface area is 125 Å². The summed E-state index contributed by atoms with van der Waals surface area (Å²) in [6, 6.07) is -0.924. The number of aliphatic hydroxyl groups is 3. The number of rotatable bonds is 8. The molecular formula is C14H28N2O5. The maximum Gasteiger partial charge on any atom is 0.222 e. The predicted molar refractivity (Wildman–Crippen MR) is 77.3 cm³/mol. The Hall–Kier alpha value is -0.730. The summed E-state index contributed by atoms with van der Waals surface area (Å²) in [6.07, 6.45) is 1.25. The average Bonchev–Trinajstić information content (AvgIpc) is 2.47. The van der Waals surface area contributed by atoms with Crippen LogP contribution < -0.4 is 11.1 Å². The SMILES string of the molecule is CCCCCCCC(=O)N[C@@H]1O[C@H](CO)[C@@H](O)[C@H](O)[C@H]1N. The molecule has 124 valence electrons. The minimum Gasteiger partial charge on any atom is -0.394 e. The van der Waals surface area contributed by atoms with E-state index >= 15 is 0 Å². The molecule has 0 aromatic rings.